The van der Waals surface area contributed by atoms with E-state index in [9.17, 15) is 13.2 Å². The molecule has 1 spiro atoms. The van der Waals surface area contributed by atoms with Crippen LogP contribution in [0.1, 0.15) is 32.3 Å². The van der Waals surface area contributed by atoms with Crippen LogP contribution in [-0.2, 0) is 25.0 Å². The van der Waals surface area contributed by atoms with Gasteiger partial charge in [-0.3, -0.25) is 14.5 Å². The fourth-order valence-corrected chi connectivity index (χ4v) is 6.41. The highest BCUT2D eigenvalue weighted by molar-refractivity contribution is 7.92. The van der Waals surface area contributed by atoms with Crippen molar-refractivity contribution in [2.75, 3.05) is 49.8 Å². The van der Waals surface area contributed by atoms with E-state index in [1.165, 1.54) is 18.3 Å². The van der Waals surface area contributed by atoms with E-state index in [2.05, 4.69) is 20.0 Å². The van der Waals surface area contributed by atoms with E-state index in [1.807, 2.05) is 13.8 Å². The van der Waals surface area contributed by atoms with Crippen LogP contribution < -0.4 is 19.7 Å². The summed E-state index contributed by atoms with van der Waals surface area (Å²) in [5, 5.41) is 3.90. The number of halogens is 1. The third kappa shape index (κ3) is 5.11. The lowest BCUT2D eigenvalue weighted by molar-refractivity contribution is -0.128. The number of carbonyl (C=O) groups is 1. The number of pyridine rings is 2. The first-order chi connectivity index (χ1) is 18.9. The third-order valence-electron chi connectivity index (χ3n) is 7.52. The van der Waals surface area contributed by atoms with Crippen molar-refractivity contribution in [1.29, 1.82) is 0 Å². The average Bonchev–Trinajstić information content (AvgIpc) is 3.08. The molecule has 40 heavy (non-hydrogen) atoms. The molecule has 1 fully saturated rings. The topological polar surface area (TPSA) is 123 Å². The molecule has 2 N–H and O–H groups in total. The largest absolute Gasteiger partial charge is 0.475 e. The Morgan fingerprint density at radius 3 is 2.62 bits per heavy atom. The number of carbonyl (C=O) groups excluding carboxylic acids is 1. The maximum absolute atomic E-state index is 15.5. The molecule has 3 heterocycles. The maximum Gasteiger partial charge on any atom is 0.238 e. The highest BCUT2D eigenvalue weighted by Crippen LogP contribution is 2.57. The molecule has 0 radical (unpaired) electrons. The minimum absolute atomic E-state index is 0.00444. The van der Waals surface area contributed by atoms with Gasteiger partial charge in [-0.25, -0.2) is 17.8 Å². The van der Waals surface area contributed by atoms with Crippen LogP contribution in [0.4, 0.5) is 15.8 Å². The van der Waals surface area contributed by atoms with E-state index in [-0.39, 0.29) is 41.6 Å². The predicted molar refractivity (Wildman–Crippen MR) is 152 cm³/mol. The van der Waals surface area contributed by atoms with E-state index >= 15 is 4.39 Å². The van der Waals surface area contributed by atoms with Crippen molar-refractivity contribution in [2.45, 2.75) is 38.1 Å². The summed E-state index contributed by atoms with van der Waals surface area (Å²) in [6.45, 7) is 5.38. The first kappa shape index (κ1) is 28.2. The number of sulfonamides is 1. The Labute approximate surface area is 233 Å². The van der Waals surface area contributed by atoms with Gasteiger partial charge in [-0.05, 0) is 30.9 Å². The van der Waals surface area contributed by atoms with Crippen LogP contribution in [0, 0.1) is 11.7 Å². The minimum Gasteiger partial charge on any atom is -0.475 e. The van der Waals surface area contributed by atoms with Gasteiger partial charge in [0.25, 0.3) is 0 Å². The Balaban J connectivity index is 1.58. The van der Waals surface area contributed by atoms with Gasteiger partial charge in [0.2, 0.25) is 21.8 Å². The molecule has 0 unspecified atom stereocenters. The smallest absolute Gasteiger partial charge is 0.238 e. The van der Waals surface area contributed by atoms with Crippen LogP contribution >= 0.6 is 0 Å². The number of amides is 1. The third-order valence-corrected chi connectivity index (χ3v) is 8.11. The second kappa shape index (κ2) is 10.6. The molecular formula is C28H34FN5O5S. The molecule has 5 rings (SSSR count). The van der Waals surface area contributed by atoms with Gasteiger partial charge >= 0.3 is 0 Å². The average molecular weight is 572 g/mol. The van der Waals surface area contributed by atoms with E-state index < -0.39 is 21.3 Å². The Bertz CT molecular complexity index is 1570. The van der Waals surface area contributed by atoms with Gasteiger partial charge in [-0.2, -0.15) is 0 Å². The second-order valence-corrected chi connectivity index (χ2v) is 12.7. The molecule has 1 aliphatic heterocycles. The monoisotopic (exact) mass is 571 g/mol. The molecule has 3 aromatic rings. The van der Waals surface area contributed by atoms with Crippen molar-refractivity contribution in [3.63, 3.8) is 0 Å². The molecule has 12 heteroatoms. The lowest BCUT2D eigenvalue weighted by atomic mass is 9.58. The zero-order chi connectivity index (χ0) is 28.8. The first-order valence-corrected chi connectivity index (χ1v) is 15.1. The fraction of sp³-hybridized carbons (Fsp3) is 0.464. The lowest BCUT2D eigenvalue weighted by Crippen LogP contribution is -2.50. The quantitative estimate of drug-likeness (QED) is 0.355. The van der Waals surface area contributed by atoms with Gasteiger partial charge in [-0.15, -0.1) is 0 Å². The molecule has 2 aliphatic rings. The van der Waals surface area contributed by atoms with Crippen LogP contribution in [0.5, 0.6) is 5.88 Å². The highest BCUT2D eigenvalue weighted by Gasteiger charge is 2.58. The van der Waals surface area contributed by atoms with Crippen molar-refractivity contribution in [1.82, 2.24) is 15.3 Å². The number of nitrogens with zero attached hydrogens (tertiary/aromatic N) is 3. The number of hydrogen-bond acceptors (Lipinski definition) is 8. The molecule has 1 amide bonds. The lowest BCUT2D eigenvalue weighted by Gasteiger charge is -2.44. The summed E-state index contributed by atoms with van der Waals surface area (Å²) < 4.78 is 53.2. The Hall–Kier alpha value is -3.35. The van der Waals surface area contributed by atoms with Gasteiger partial charge < -0.3 is 19.7 Å². The molecular weight excluding hydrogens is 537 g/mol. The number of aromatic nitrogens is 2. The van der Waals surface area contributed by atoms with E-state index in [0.717, 1.165) is 11.8 Å². The molecule has 214 valence electrons. The first-order valence-electron chi connectivity index (χ1n) is 13.2. The van der Waals surface area contributed by atoms with Crippen LogP contribution in [0.2, 0.25) is 0 Å². The van der Waals surface area contributed by atoms with Crippen LogP contribution in [0.3, 0.4) is 0 Å². The van der Waals surface area contributed by atoms with Crippen LogP contribution in [0.25, 0.3) is 22.0 Å². The zero-order valence-electron chi connectivity index (χ0n) is 23.2. The SMILES string of the molecule is COC[C@H]1C[C@@]2(C1)C(=O)N(C)c1cnc3cc(F)c(-c4cnc(OCCNC(C)C)c(NS(C)(=O)=O)c4)cc3c12. The van der Waals surface area contributed by atoms with E-state index in [1.54, 1.807) is 31.3 Å². The van der Waals surface area contributed by atoms with Crippen molar-refractivity contribution in [3.05, 3.63) is 42.0 Å². The van der Waals surface area contributed by atoms with Crippen molar-refractivity contribution < 1.29 is 27.1 Å². The highest BCUT2D eigenvalue weighted by atomic mass is 32.2. The van der Waals surface area contributed by atoms with Crippen LogP contribution in [-0.4, -0.2) is 70.5 Å². The summed E-state index contributed by atoms with van der Waals surface area (Å²) in [5.41, 5.74) is 1.97. The van der Waals surface area contributed by atoms with Gasteiger partial charge in [0.1, 0.15) is 18.1 Å². The van der Waals surface area contributed by atoms with E-state index in [0.29, 0.717) is 48.1 Å². The van der Waals surface area contributed by atoms with Gasteiger partial charge in [0, 0.05) is 67.7 Å². The fourth-order valence-electron chi connectivity index (χ4n) is 5.86. The number of nitrogens with one attached hydrogen (secondary N) is 2. The Morgan fingerprint density at radius 1 is 1.20 bits per heavy atom. The molecule has 1 aliphatic carbocycles. The Kier molecular flexibility index (Phi) is 7.45. The summed E-state index contributed by atoms with van der Waals surface area (Å²) in [6, 6.07) is 4.80. The standard InChI is InChI=1S/C28H34FN5O5S/c1-16(2)30-6-7-39-26-23(33-40(5,36)37)8-18(13-32-26)19-9-20-22(10-21(19)29)31-14-24-25(20)28(27(35)34(24)3)11-17(12-28)15-38-4/h8-10,13-14,16-17,30,33H,6-7,11-12,15H2,1-5H3/t17-,28-. The summed E-state index contributed by atoms with van der Waals surface area (Å²) in [5.74, 6) is -0.189. The number of likely N-dealkylation sites (N-methyl/N-ethyl adjacent to an activating group) is 1. The zero-order valence-corrected chi connectivity index (χ0v) is 24.1. The molecule has 0 saturated heterocycles. The molecule has 1 saturated carbocycles. The second-order valence-electron chi connectivity index (χ2n) is 11.0. The molecule has 0 atom stereocenters. The number of fused-ring (bicyclic) bond motifs is 4. The molecule has 1 aromatic carbocycles. The van der Waals surface area contributed by atoms with Crippen molar-refractivity contribution >= 4 is 38.2 Å². The maximum atomic E-state index is 15.5. The minimum atomic E-state index is -3.67. The summed E-state index contributed by atoms with van der Waals surface area (Å²) in [4.78, 5) is 23.8. The van der Waals surface area contributed by atoms with Crippen molar-refractivity contribution in [2.24, 2.45) is 5.92 Å². The van der Waals surface area contributed by atoms with Gasteiger partial charge in [0.15, 0.2) is 0 Å². The molecule has 10 nitrogen and oxygen atoms in total. The molecule has 2 aromatic heterocycles. The number of anilines is 2. The summed E-state index contributed by atoms with van der Waals surface area (Å²) >= 11 is 0. The number of methoxy groups -OCH3 is 1. The summed E-state index contributed by atoms with van der Waals surface area (Å²) in [7, 11) is -0.287. The number of ether oxygens (including phenoxy) is 2. The van der Waals surface area contributed by atoms with Gasteiger partial charge in [0.05, 0.1) is 29.1 Å². The van der Waals surface area contributed by atoms with E-state index in [4.69, 9.17) is 9.47 Å². The molecule has 0 bridgehead atoms. The van der Waals surface area contributed by atoms with Crippen molar-refractivity contribution in [3.8, 4) is 17.0 Å². The normalized spacial score (nSPS) is 20.3. The number of rotatable bonds is 10. The van der Waals surface area contributed by atoms with Gasteiger partial charge in [-0.1, -0.05) is 13.8 Å². The number of benzene rings is 1. The Morgan fingerprint density at radius 2 is 1.95 bits per heavy atom. The summed E-state index contributed by atoms with van der Waals surface area (Å²) in [6.07, 6.45) is 5.39. The van der Waals surface area contributed by atoms with Crippen LogP contribution in [0.15, 0.2) is 30.6 Å². The predicted octanol–water partition coefficient (Wildman–Crippen LogP) is 3.45. The number of hydrogen-bond donors (Lipinski definition) is 2.